The molecule has 0 unspecified atom stereocenters. The van der Waals surface area contributed by atoms with Crippen LogP contribution in [0.2, 0.25) is 0 Å². The van der Waals surface area contributed by atoms with Crippen molar-refractivity contribution in [3.05, 3.63) is 170 Å². The number of hydrogen-bond donors (Lipinski definition) is 0. The van der Waals surface area contributed by atoms with E-state index in [4.69, 9.17) is 14.4 Å². The van der Waals surface area contributed by atoms with E-state index in [2.05, 4.69) is 170 Å². The maximum Gasteiger partial charge on any atom is 0.160 e. The number of rotatable bonds is 3. The van der Waals surface area contributed by atoms with Crippen LogP contribution < -0.4 is 0 Å². The lowest BCUT2D eigenvalue weighted by Crippen LogP contribution is -1.94. The van der Waals surface area contributed by atoms with Gasteiger partial charge in [0.1, 0.15) is 11.2 Å². The van der Waals surface area contributed by atoms with E-state index in [0.29, 0.717) is 0 Å². The van der Waals surface area contributed by atoms with Crippen molar-refractivity contribution in [3.8, 4) is 33.8 Å². The van der Waals surface area contributed by atoms with Gasteiger partial charge >= 0.3 is 0 Å². The third-order valence-corrected chi connectivity index (χ3v) is 12.2. The molecule has 12 aromatic rings. The molecule has 0 amide bonds. The number of hydrogen-bond acceptors (Lipinski definition) is 4. The summed E-state index contributed by atoms with van der Waals surface area (Å²) in [6, 6.07) is 60.7. The van der Waals surface area contributed by atoms with Gasteiger partial charge in [-0.05, 0) is 90.6 Å². The van der Waals surface area contributed by atoms with Crippen molar-refractivity contribution in [3.63, 3.8) is 0 Å². The average Bonchev–Trinajstić information content (AvgIpc) is 3.81. The summed E-state index contributed by atoms with van der Waals surface area (Å²) in [7, 11) is 0. The molecule has 0 N–H and O–H groups in total. The Morgan fingerprint density at radius 1 is 0.407 bits per heavy atom. The molecule has 3 aromatic heterocycles. The second-order valence-electron chi connectivity index (χ2n) is 14.1. The minimum absolute atomic E-state index is 0.718. The van der Waals surface area contributed by atoms with Crippen molar-refractivity contribution < 1.29 is 4.42 Å². The molecule has 0 aliphatic rings. The molecule has 0 radical (unpaired) electrons. The first-order chi connectivity index (χ1) is 26.7. The molecule has 12 rings (SSSR count). The Labute approximate surface area is 313 Å². The van der Waals surface area contributed by atoms with Crippen molar-refractivity contribution in [1.82, 2.24) is 9.97 Å². The van der Waals surface area contributed by atoms with E-state index >= 15 is 0 Å². The van der Waals surface area contributed by atoms with Gasteiger partial charge in [-0.3, -0.25) is 0 Å². The van der Waals surface area contributed by atoms with Crippen LogP contribution in [0.3, 0.4) is 0 Å². The van der Waals surface area contributed by atoms with Crippen molar-refractivity contribution >= 4 is 96.7 Å². The molecule has 250 valence electrons. The molecule has 0 aliphatic heterocycles. The average molecular weight is 705 g/mol. The predicted octanol–water partition coefficient (Wildman–Crippen LogP) is 14.4. The van der Waals surface area contributed by atoms with E-state index in [-0.39, 0.29) is 0 Å². The lowest BCUT2D eigenvalue weighted by molar-refractivity contribution is 0.669. The second-order valence-corrected chi connectivity index (χ2v) is 15.1. The zero-order valence-electron chi connectivity index (χ0n) is 28.9. The summed E-state index contributed by atoms with van der Waals surface area (Å²) in [5.74, 6) is 0.718. The lowest BCUT2D eigenvalue weighted by atomic mass is 9.92. The highest BCUT2D eigenvalue weighted by atomic mass is 32.1. The van der Waals surface area contributed by atoms with Gasteiger partial charge in [-0.25, -0.2) is 9.97 Å². The Kier molecular flexibility index (Phi) is 6.21. The number of fused-ring (bicyclic) bond motifs is 13. The van der Waals surface area contributed by atoms with Crippen LogP contribution in [0.4, 0.5) is 0 Å². The van der Waals surface area contributed by atoms with Gasteiger partial charge < -0.3 is 4.42 Å². The van der Waals surface area contributed by atoms with Crippen LogP contribution in [0.15, 0.2) is 174 Å². The van der Waals surface area contributed by atoms with E-state index in [9.17, 15) is 0 Å². The highest BCUT2D eigenvalue weighted by molar-refractivity contribution is 7.26. The van der Waals surface area contributed by atoms with Gasteiger partial charge in [0, 0.05) is 32.0 Å². The monoisotopic (exact) mass is 704 g/mol. The number of aromatic nitrogens is 2. The van der Waals surface area contributed by atoms with Gasteiger partial charge in [0.05, 0.1) is 15.9 Å². The SMILES string of the molecule is c1ccc2cc(-c3nc(-c4cccc5oc6cc(-c7ccc8c9ccccc9c9ccccc9c8c7)ccc6c45)c4sc5ccccc5c4n3)ccc2c1. The molecule has 4 heteroatoms. The minimum atomic E-state index is 0.718. The summed E-state index contributed by atoms with van der Waals surface area (Å²) in [5.41, 5.74) is 7.93. The standard InChI is InChI=1S/C50H28N2OS/c1-2-11-30-26-33(21-20-29(30)10-1)50-51-47-40-16-7-8-19-45(40)54-49(47)48(52-50)41-17-9-18-43-46(41)39-25-23-32(28-44(39)53-43)31-22-24-38-36-14-4-3-12-34(36)35-13-5-6-15-37(35)42(38)27-31/h1-28H. The summed E-state index contributed by atoms with van der Waals surface area (Å²) in [6.45, 7) is 0. The van der Waals surface area contributed by atoms with Gasteiger partial charge in [0.2, 0.25) is 0 Å². The zero-order chi connectivity index (χ0) is 35.3. The van der Waals surface area contributed by atoms with Gasteiger partial charge in [0.25, 0.3) is 0 Å². The Morgan fingerprint density at radius 2 is 1.04 bits per heavy atom. The molecule has 0 bridgehead atoms. The fourth-order valence-corrected chi connectivity index (χ4v) is 9.67. The third-order valence-electron chi connectivity index (χ3n) is 11.1. The zero-order valence-corrected chi connectivity index (χ0v) is 29.7. The normalized spacial score (nSPS) is 12.1. The van der Waals surface area contributed by atoms with Crippen LogP contribution >= 0.6 is 11.3 Å². The summed E-state index contributed by atoms with van der Waals surface area (Å²) >= 11 is 1.75. The van der Waals surface area contributed by atoms with E-state index < -0.39 is 0 Å². The van der Waals surface area contributed by atoms with Crippen molar-refractivity contribution in [2.45, 2.75) is 0 Å². The highest BCUT2D eigenvalue weighted by Gasteiger charge is 2.21. The lowest BCUT2D eigenvalue weighted by Gasteiger charge is -2.12. The van der Waals surface area contributed by atoms with Crippen molar-refractivity contribution in [2.75, 3.05) is 0 Å². The molecular weight excluding hydrogens is 677 g/mol. The van der Waals surface area contributed by atoms with E-state index in [1.54, 1.807) is 11.3 Å². The summed E-state index contributed by atoms with van der Waals surface area (Å²) in [4.78, 5) is 10.6. The largest absolute Gasteiger partial charge is 0.456 e. The number of furan rings is 1. The summed E-state index contributed by atoms with van der Waals surface area (Å²) in [6.07, 6.45) is 0. The maximum absolute atomic E-state index is 6.69. The van der Waals surface area contributed by atoms with Crippen LogP contribution in [0.1, 0.15) is 0 Å². The highest BCUT2D eigenvalue weighted by Crippen LogP contribution is 2.44. The fourth-order valence-electron chi connectivity index (χ4n) is 8.52. The van der Waals surface area contributed by atoms with Crippen LogP contribution in [-0.2, 0) is 0 Å². The van der Waals surface area contributed by atoms with Crippen LogP contribution in [-0.4, -0.2) is 9.97 Å². The fraction of sp³-hybridized carbons (Fsp3) is 0. The molecule has 0 aliphatic carbocycles. The summed E-state index contributed by atoms with van der Waals surface area (Å²) < 4.78 is 8.96. The van der Waals surface area contributed by atoms with Crippen molar-refractivity contribution in [1.29, 1.82) is 0 Å². The van der Waals surface area contributed by atoms with Gasteiger partial charge in [0.15, 0.2) is 5.82 Å². The number of benzene rings is 9. The summed E-state index contributed by atoms with van der Waals surface area (Å²) in [5, 5.41) is 13.3. The Hall–Kier alpha value is -6.88. The Balaban J connectivity index is 1.06. The van der Waals surface area contributed by atoms with E-state index in [1.807, 2.05) is 0 Å². The van der Waals surface area contributed by atoms with Crippen LogP contribution in [0, 0.1) is 0 Å². The molecule has 0 saturated heterocycles. The molecule has 0 fully saturated rings. The first-order valence-corrected chi connectivity index (χ1v) is 19.0. The van der Waals surface area contributed by atoms with E-state index in [0.717, 1.165) is 71.3 Å². The van der Waals surface area contributed by atoms with E-state index in [1.165, 1.54) is 47.8 Å². The van der Waals surface area contributed by atoms with Gasteiger partial charge in [-0.15, -0.1) is 11.3 Å². The molecule has 0 atom stereocenters. The first kappa shape index (κ1) is 29.7. The smallest absolute Gasteiger partial charge is 0.160 e. The molecule has 9 aromatic carbocycles. The van der Waals surface area contributed by atoms with Crippen LogP contribution in [0.5, 0.6) is 0 Å². The number of nitrogens with zero attached hydrogens (tertiary/aromatic N) is 2. The second kappa shape index (κ2) is 11.3. The minimum Gasteiger partial charge on any atom is -0.456 e. The Bertz CT molecular complexity index is 3480. The van der Waals surface area contributed by atoms with Crippen LogP contribution in [0.25, 0.3) is 119 Å². The Morgan fingerprint density at radius 3 is 1.83 bits per heavy atom. The molecular formula is C50H28N2OS. The molecule has 0 spiro atoms. The first-order valence-electron chi connectivity index (χ1n) is 18.2. The molecule has 3 heterocycles. The van der Waals surface area contributed by atoms with Gasteiger partial charge in [-0.1, -0.05) is 133 Å². The quantitative estimate of drug-likeness (QED) is 0.172. The predicted molar refractivity (Wildman–Crippen MR) is 229 cm³/mol. The van der Waals surface area contributed by atoms with Crippen molar-refractivity contribution in [2.24, 2.45) is 0 Å². The molecule has 54 heavy (non-hydrogen) atoms. The van der Waals surface area contributed by atoms with Gasteiger partial charge in [-0.2, -0.15) is 0 Å². The third kappa shape index (κ3) is 4.35. The topological polar surface area (TPSA) is 38.9 Å². The molecule has 0 saturated carbocycles. The number of thiophene rings is 1. The molecule has 3 nitrogen and oxygen atoms in total. The maximum atomic E-state index is 6.69.